The minimum atomic E-state index is -1.41. The molecule has 0 saturated carbocycles. The van der Waals surface area contributed by atoms with E-state index in [1.807, 2.05) is 0 Å². The van der Waals surface area contributed by atoms with E-state index in [1.54, 1.807) is 0 Å². The van der Waals surface area contributed by atoms with Crippen molar-refractivity contribution in [1.29, 1.82) is 0 Å². The number of alkyl halides is 1. The first kappa shape index (κ1) is 12.9. The Balaban J connectivity index is 4.11. The smallest absolute Gasteiger partial charge is 0.326 e. The fraction of sp³-hybridized carbons (Fsp3) is 0.778. The molecule has 1 atom stereocenters. The Bertz CT molecular complexity index is 223. The van der Waals surface area contributed by atoms with Gasteiger partial charge in [0.05, 0.1) is 0 Å². The predicted octanol–water partition coefficient (Wildman–Crippen LogP) is 1.10. The minimum Gasteiger partial charge on any atom is -0.480 e. The lowest BCUT2D eigenvalue weighted by atomic mass is 10.0. The van der Waals surface area contributed by atoms with E-state index >= 15 is 0 Å². The van der Waals surface area contributed by atoms with Crippen molar-refractivity contribution in [2.24, 2.45) is 0 Å². The van der Waals surface area contributed by atoms with Crippen LogP contribution in [0.2, 0.25) is 0 Å². The number of carbonyl (C=O) groups excluding carboxylic acids is 1. The molecule has 0 saturated heterocycles. The highest BCUT2D eigenvalue weighted by molar-refractivity contribution is 5.81. The maximum absolute atomic E-state index is 13.0. The zero-order valence-corrected chi connectivity index (χ0v) is 8.63. The fourth-order valence-electron chi connectivity index (χ4n) is 0.990. The van der Waals surface area contributed by atoms with Crippen LogP contribution < -0.4 is 5.32 Å². The Hall–Kier alpha value is -1.13. The van der Waals surface area contributed by atoms with Crippen LogP contribution >= 0.6 is 0 Å². The molecular formula is C9H16FNO3. The molecule has 0 aromatic heterocycles. The molecule has 0 aliphatic carbocycles. The van der Waals surface area contributed by atoms with Gasteiger partial charge < -0.3 is 10.4 Å². The summed E-state index contributed by atoms with van der Waals surface area (Å²) < 4.78 is 13.0. The van der Waals surface area contributed by atoms with Gasteiger partial charge in [0.2, 0.25) is 5.91 Å². The van der Waals surface area contributed by atoms with Crippen molar-refractivity contribution in [3.63, 3.8) is 0 Å². The topological polar surface area (TPSA) is 66.4 Å². The first-order valence-electron chi connectivity index (χ1n) is 4.41. The van der Waals surface area contributed by atoms with Crippen LogP contribution in [0.15, 0.2) is 0 Å². The molecule has 82 valence electrons. The number of carboxylic acid groups (broad SMARTS) is 1. The second kappa shape index (κ2) is 4.93. The Labute approximate surface area is 82.5 Å². The van der Waals surface area contributed by atoms with Crippen molar-refractivity contribution in [1.82, 2.24) is 5.32 Å². The molecular weight excluding hydrogens is 189 g/mol. The summed E-state index contributed by atoms with van der Waals surface area (Å²) in [6.45, 7) is 3.98. The SMILES string of the molecule is CC(=O)N[C@@H](CCC(C)(C)F)C(=O)O. The highest BCUT2D eigenvalue weighted by atomic mass is 19.1. The molecule has 0 aromatic rings. The number of carbonyl (C=O) groups is 2. The number of rotatable bonds is 5. The predicted molar refractivity (Wildman–Crippen MR) is 49.7 cm³/mol. The lowest BCUT2D eigenvalue weighted by molar-refractivity contribution is -0.141. The molecule has 2 N–H and O–H groups in total. The number of aliphatic carboxylic acids is 1. The molecule has 1 amide bonds. The maximum atomic E-state index is 13.0. The van der Waals surface area contributed by atoms with Gasteiger partial charge in [-0.1, -0.05) is 0 Å². The van der Waals surface area contributed by atoms with E-state index in [9.17, 15) is 14.0 Å². The van der Waals surface area contributed by atoms with Gasteiger partial charge >= 0.3 is 5.97 Å². The first-order valence-corrected chi connectivity index (χ1v) is 4.41. The number of nitrogens with one attached hydrogen (secondary N) is 1. The molecule has 0 aromatic carbocycles. The Morgan fingerprint density at radius 1 is 1.50 bits per heavy atom. The molecule has 0 fully saturated rings. The lowest BCUT2D eigenvalue weighted by Gasteiger charge is -2.18. The van der Waals surface area contributed by atoms with Crippen LogP contribution in [-0.4, -0.2) is 28.7 Å². The second-order valence-electron chi connectivity index (χ2n) is 3.85. The number of amides is 1. The molecule has 0 heterocycles. The van der Waals surface area contributed by atoms with Crippen LogP contribution in [0.5, 0.6) is 0 Å². The molecule has 0 aliphatic heterocycles. The summed E-state index contributed by atoms with van der Waals surface area (Å²) in [4.78, 5) is 21.2. The summed E-state index contributed by atoms with van der Waals surface area (Å²) in [5, 5.41) is 10.9. The molecule has 0 aliphatic rings. The third kappa shape index (κ3) is 6.39. The van der Waals surface area contributed by atoms with Gasteiger partial charge in [-0.05, 0) is 26.7 Å². The van der Waals surface area contributed by atoms with Crippen LogP contribution in [0.25, 0.3) is 0 Å². The molecule has 5 heteroatoms. The zero-order valence-electron chi connectivity index (χ0n) is 8.63. The summed E-state index contributed by atoms with van der Waals surface area (Å²) in [7, 11) is 0. The van der Waals surface area contributed by atoms with Crippen molar-refractivity contribution in [2.45, 2.75) is 45.3 Å². The Morgan fingerprint density at radius 3 is 2.29 bits per heavy atom. The van der Waals surface area contributed by atoms with Crippen molar-refractivity contribution in [3.05, 3.63) is 0 Å². The molecule has 0 spiro atoms. The van der Waals surface area contributed by atoms with Gasteiger partial charge in [0.1, 0.15) is 11.7 Å². The summed E-state index contributed by atoms with van der Waals surface area (Å²) >= 11 is 0. The number of hydrogen-bond acceptors (Lipinski definition) is 2. The third-order valence-corrected chi connectivity index (χ3v) is 1.70. The van der Waals surface area contributed by atoms with Crippen molar-refractivity contribution < 1.29 is 19.1 Å². The van der Waals surface area contributed by atoms with Gasteiger partial charge in [0, 0.05) is 6.92 Å². The summed E-state index contributed by atoms with van der Waals surface area (Å²) in [6, 6.07) is -0.998. The molecule has 0 bridgehead atoms. The average molecular weight is 205 g/mol. The highest BCUT2D eigenvalue weighted by Gasteiger charge is 2.23. The van der Waals surface area contributed by atoms with Crippen molar-refractivity contribution in [3.8, 4) is 0 Å². The Morgan fingerprint density at radius 2 is 2.00 bits per heavy atom. The van der Waals surface area contributed by atoms with Crippen LogP contribution in [0.4, 0.5) is 4.39 Å². The third-order valence-electron chi connectivity index (χ3n) is 1.70. The van der Waals surface area contributed by atoms with Crippen molar-refractivity contribution >= 4 is 11.9 Å². The number of carboxylic acids is 1. The van der Waals surface area contributed by atoms with Gasteiger partial charge in [0.25, 0.3) is 0 Å². The molecule has 0 rings (SSSR count). The van der Waals surface area contributed by atoms with E-state index in [2.05, 4.69) is 5.32 Å². The molecule has 0 unspecified atom stereocenters. The second-order valence-corrected chi connectivity index (χ2v) is 3.85. The molecule has 4 nitrogen and oxygen atoms in total. The maximum Gasteiger partial charge on any atom is 0.326 e. The monoisotopic (exact) mass is 205 g/mol. The number of halogens is 1. The van der Waals surface area contributed by atoms with Crippen LogP contribution in [0, 0.1) is 0 Å². The number of hydrogen-bond donors (Lipinski definition) is 2. The van der Waals surface area contributed by atoms with E-state index < -0.39 is 23.6 Å². The average Bonchev–Trinajstić information content (AvgIpc) is 1.94. The van der Waals surface area contributed by atoms with Gasteiger partial charge in [-0.15, -0.1) is 0 Å². The van der Waals surface area contributed by atoms with E-state index in [0.29, 0.717) is 0 Å². The van der Waals surface area contributed by atoms with Crippen molar-refractivity contribution in [2.75, 3.05) is 0 Å². The lowest BCUT2D eigenvalue weighted by Crippen LogP contribution is -2.40. The van der Waals surface area contributed by atoms with E-state index in [4.69, 9.17) is 5.11 Å². The molecule has 0 radical (unpaired) electrons. The standard InChI is InChI=1S/C9H16FNO3/c1-6(12)11-7(8(13)14)4-5-9(2,3)10/h7H,4-5H2,1-3H3,(H,11,12)(H,13,14)/t7-/m0/s1. The summed E-state index contributed by atoms with van der Waals surface area (Å²) in [5.41, 5.74) is -1.41. The normalized spacial score (nSPS) is 13.4. The summed E-state index contributed by atoms with van der Waals surface area (Å²) in [5.74, 6) is -1.56. The quantitative estimate of drug-likeness (QED) is 0.706. The van der Waals surface area contributed by atoms with Gasteiger partial charge in [-0.3, -0.25) is 4.79 Å². The largest absolute Gasteiger partial charge is 0.480 e. The van der Waals surface area contributed by atoms with E-state index in [-0.39, 0.29) is 12.8 Å². The van der Waals surface area contributed by atoms with E-state index in [0.717, 1.165) is 0 Å². The fourth-order valence-corrected chi connectivity index (χ4v) is 0.990. The molecule has 14 heavy (non-hydrogen) atoms. The van der Waals surface area contributed by atoms with Gasteiger partial charge in [-0.25, -0.2) is 9.18 Å². The summed E-state index contributed by atoms with van der Waals surface area (Å²) in [6.07, 6.45) is 0.197. The first-order chi connectivity index (χ1) is 6.22. The Kier molecular flexibility index (Phi) is 4.53. The zero-order chi connectivity index (χ0) is 11.4. The van der Waals surface area contributed by atoms with E-state index in [1.165, 1.54) is 20.8 Å². The highest BCUT2D eigenvalue weighted by Crippen LogP contribution is 2.17. The van der Waals surface area contributed by atoms with Gasteiger partial charge in [0.15, 0.2) is 0 Å². The van der Waals surface area contributed by atoms with Crippen LogP contribution in [0.1, 0.15) is 33.6 Å². The van der Waals surface area contributed by atoms with Crippen LogP contribution in [-0.2, 0) is 9.59 Å². The van der Waals surface area contributed by atoms with Crippen LogP contribution in [0.3, 0.4) is 0 Å². The van der Waals surface area contributed by atoms with Gasteiger partial charge in [-0.2, -0.15) is 0 Å². The minimum absolute atomic E-state index is 0.0956.